The van der Waals surface area contributed by atoms with E-state index in [0.717, 1.165) is 27.8 Å². The van der Waals surface area contributed by atoms with Crippen LogP contribution in [0.4, 0.5) is 5.69 Å². The molecular weight excluding hydrogens is 260 g/mol. The average Bonchev–Trinajstić information content (AvgIpc) is 2.74. The molecule has 21 heavy (non-hydrogen) atoms. The fourth-order valence-corrected chi connectivity index (χ4v) is 2.71. The number of para-hydroxylation sites is 2. The molecule has 0 unspecified atom stereocenters. The lowest BCUT2D eigenvalue weighted by Gasteiger charge is -2.05. The molecule has 3 nitrogen and oxygen atoms in total. The molecule has 3 heteroatoms. The van der Waals surface area contributed by atoms with Crippen LogP contribution in [0.15, 0.2) is 54.6 Å². The minimum absolute atomic E-state index is 0.0145. The third-order valence-corrected chi connectivity index (χ3v) is 3.93. The van der Waals surface area contributed by atoms with Gasteiger partial charge in [-0.2, -0.15) is 0 Å². The Morgan fingerprint density at radius 1 is 1.05 bits per heavy atom. The largest absolute Gasteiger partial charge is 0.348 e. The molecule has 2 aromatic carbocycles. The molecule has 0 fully saturated rings. The van der Waals surface area contributed by atoms with Gasteiger partial charge < -0.3 is 9.88 Å². The molecule has 0 spiro atoms. The summed E-state index contributed by atoms with van der Waals surface area (Å²) in [6, 6.07) is 17.8. The maximum Gasteiger partial charge on any atom is 0.228 e. The quantitative estimate of drug-likeness (QED) is 0.779. The summed E-state index contributed by atoms with van der Waals surface area (Å²) >= 11 is 0. The van der Waals surface area contributed by atoms with Crippen LogP contribution in [0.2, 0.25) is 0 Å². The zero-order valence-corrected chi connectivity index (χ0v) is 12.3. The second-order valence-electron chi connectivity index (χ2n) is 5.23. The van der Waals surface area contributed by atoms with Crippen LogP contribution in [0, 0.1) is 6.92 Å². The van der Waals surface area contributed by atoms with Crippen molar-refractivity contribution in [1.82, 2.24) is 4.57 Å². The van der Waals surface area contributed by atoms with E-state index in [2.05, 4.69) is 28.9 Å². The van der Waals surface area contributed by atoms with Crippen LogP contribution in [-0.4, -0.2) is 10.5 Å². The van der Waals surface area contributed by atoms with Gasteiger partial charge in [-0.15, -0.1) is 0 Å². The number of hydrogen-bond acceptors (Lipinski definition) is 1. The second-order valence-corrected chi connectivity index (χ2v) is 5.23. The summed E-state index contributed by atoms with van der Waals surface area (Å²) in [6.45, 7) is 2.06. The predicted octanol–water partition coefficient (Wildman–Crippen LogP) is 3.67. The zero-order chi connectivity index (χ0) is 14.8. The van der Waals surface area contributed by atoms with Crippen molar-refractivity contribution in [3.05, 3.63) is 65.9 Å². The minimum Gasteiger partial charge on any atom is -0.348 e. The van der Waals surface area contributed by atoms with Crippen LogP contribution < -0.4 is 5.32 Å². The summed E-state index contributed by atoms with van der Waals surface area (Å²) in [6.07, 6.45) is 0.391. The Labute approximate surface area is 124 Å². The smallest absolute Gasteiger partial charge is 0.228 e. The summed E-state index contributed by atoms with van der Waals surface area (Å²) in [4.78, 5) is 12.3. The lowest BCUT2D eigenvalue weighted by Crippen LogP contribution is -2.14. The third-order valence-electron chi connectivity index (χ3n) is 3.93. The average molecular weight is 278 g/mol. The van der Waals surface area contributed by atoms with Gasteiger partial charge in [-0.25, -0.2) is 0 Å². The SMILES string of the molecule is Cc1c(CC(=O)Nc2ccccc2)c2ccccc2n1C. The number of rotatable bonds is 3. The first-order chi connectivity index (χ1) is 10.2. The Balaban J connectivity index is 1.88. The maximum absolute atomic E-state index is 12.3. The van der Waals surface area contributed by atoms with Crippen molar-refractivity contribution < 1.29 is 4.79 Å². The molecular formula is C18H18N2O. The minimum atomic E-state index is 0.0145. The second kappa shape index (κ2) is 5.44. The molecule has 0 aliphatic carbocycles. The van der Waals surface area contributed by atoms with E-state index in [4.69, 9.17) is 0 Å². The van der Waals surface area contributed by atoms with Crippen molar-refractivity contribution in [2.45, 2.75) is 13.3 Å². The Morgan fingerprint density at radius 2 is 1.71 bits per heavy atom. The van der Waals surface area contributed by atoms with Crippen LogP contribution in [0.25, 0.3) is 10.9 Å². The van der Waals surface area contributed by atoms with E-state index in [-0.39, 0.29) is 5.91 Å². The van der Waals surface area contributed by atoms with Gasteiger partial charge in [-0.05, 0) is 30.7 Å². The summed E-state index contributed by atoms with van der Waals surface area (Å²) in [7, 11) is 2.04. The van der Waals surface area contributed by atoms with Crippen LogP contribution >= 0.6 is 0 Å². The molecule has 1 aromatic heterocycles. The fraction of sp³-hybridized carbons (Fsp3) is 0.167. The lowest BCUT2D eigenvalue weighted by atomic mass is 10.1. The van der Waals surface area contributed by atoms with Crippen LogP contribution in [0.5, 0.6) is 0 Å². The van der Waals surface area contributed by atoms with Gasteiger partial charge in [0.15, 0.2) is 0 Å². The van der Waals surface area contributed by atoms with Crippen molar-refractivity contribution in [3.8, 4) is 0 Å². The molecule has 0 saturated heterocycles. The van der Waals surface area contributed by atoms with Gasteiger partial charge in [-0.3, -0.25) is 4.79 Å². The molecule has 0 bridgehead atoms. The van der Waals surface area contributed by atoms with Gasteiger partial charge in [-0.1, -0.05) is 36.4 Å². The van der Waals surface area contributed by atoms with Crippen molar-refractivity contribution >= 4 is 22.5 Å². The van der Waals surface area contributed by atoms with Gasteiger partial charge >= 0.3 is 0 Å². The van der Waals surface area contributed by atoms with E-state index in [1.807, 2.05) is 49.5 Å². The van der Waals surface area contributed by atoms with E-state index >= 15 is 0 Å². The molecule has 1 amide bonds. The predicted molar refractivity (Wildman–Crippen MR) is 86.4 cm³/mol. The molecule has 0 radical (unpaired) electrons. The topological polar surface area (TPSA) is 34.0 Å². The fourth-order valence-electron chi connectivity index (χ4n) is 2.71. The zero-order valence-electron chi connectivity index (χ0n) is 12.3. The highest BCUT2D eigenvalue weighted by Crippen LogP contribution is 2.25. The summed E-state index contributed by atoms with van der Waals surface area (Å²) in [5.41, 5.74) is 4.24. The van der Waals surface area contributed by atoms with Gasteiger partial charge in [0.25, 0.3) is 0 Å². The molecule has 1 heterocycles. The highest BCUT2D eigenvalue weighted by molar-refractivity contribution is 5.96. The number of benzene rings is 2. The molecule has 0 aliphatic heterocycles. The van der Waals surface area contributed by atoms with E-state index in [1.54, 1.807) is 0 Å². The van der Waals surface area contributed by atoms with E-state index < -0.39 is 0 Å². The normalized spacial score (nSPS) is 10.8. The number of nitrogens with zero attached hydrogens (tertiary/aromatic N) is 1. The lowest BCUT2D eigenvalue weighted by molar-refractivity contribution is -0.115. The van der Waals surface area contributed by atoms with Gasteiger partial charge in [0.2, 0.25) is 5.91 Å². The van der Waals surface area contributed by atoms with Crippen LogP contribution in [0.3, 0.4) is 0 Å². The molecule has 3 aromatic rings. The Hall–Kier alpha value is -2.55. The Bertz CT molecular complexity index is 788. The first-order valence-electron chi connectivity index (χ1n) is 7.04. The van der Waals surface area contributed by atoms with Crippen molar-refractivity contribution in [3.63, 3.8) is 0 Å². The molecule has 3 rings (SSSR count). The molecule has 0 atom stereocenters. The molecule has 0 aliphatic rings. The summed E-state index contributed by atoms with van der Waals surface area (Å²) < 4.78 is 2.14. The van der Waals surface area contributed by atoms with E-state index in [0.29, 0.717) is 6.42 Å². The first kappa shape index (κ1) is 13.4. The number of aryl methyl sites for hydroxylation is 1. The highest BCUT2D eigenvalue weighted by atomic mass is 16.1. The van der Waals surface area contributed by atoms with E-state index in [1.165, 1.54) is 0 Å². The number of anilines is 1. The van der Waals surface area contributed by atoms with E-state index in [9.17, 15) is 4.79 Å². The maximum atomic E-state index is 12.3. The summed E-state index contributed by atoms with van der Waals surface area (Å²) in [5.74, 6) is 0.0145. The number of carbonyl (C=O) groups is 1. The monoisotopic (exact) mass is 278 g/mol. The molecule has 106 valence electrons. The van der Waals surface area contributed by atoms with Crippen LogP contribution in [-0.2, 0) is 18.3 Å². The van der Waals surface area contributed by atoms with Crippen molar-refractivity contribution in [2.75, 3.05) is 5.32 Å². The standard InChI is InChI=1S/C18H18N2O/c1-13-16(15-10-6-7-11-17(15)20(13)2)12-18(21)19-14-8-4-3-5-9-14/h3-11H,12H2,1-2H3,(H,19,21). The number of fused-ring (bicyclic) bond motifs is 1. The van der Waals surface area contributed by atoms with Gasteiger partial charge in [0.1, 0.15) is 0 Å². The first-order valence-corrected chi connectivity index (χ1v) is 7.04. The number of amides is 1. The van der Waals surface area contributed by atoms with Gasteiger partial charge in [0, 0.05) is 29.3 Å². The summed E-state index contributed by atoms with van der Waals surface area (Å²) in [5, 5.41) is 4.10. The van der Waals surface area contributed by atoms with Crippen molar-refractivity contribution in [2.24, 2.45) is 7.05 Å². The van der Waals surface area contributed by atoms with Gasteiger partial charge in [0.05, 0.1) is 6.42 Å². The van der Waals surface area contributed by atoms with Crippen LogP contribution in [0.1, 0.15) is 11.3 Å². The number of aromatic nitrogens is 1. The Kier molecular flexibility index (Phi) is 3.48. The number of hydrogen-bond donors (Lipinski definition) is 1. The van der Waals surface area contributed by atoms with Crippen molar-refractivity contribution in [1.29, 1.82) is 0 Å². The Morgan fingerprint density at radius 3 is 2.48 bits per heavy atom. The number of carbonyl (C=O) groups excluding carboxylic acids is 1. The number of nitrogens with one attached hydrogen (secondary N) is 1. The highest BCUT2D eigenvalue weighted by Gasteiger charge is 2.14. The molecule has 1 N–H and O–H groups in total. The third kappa shape index (κ3) is 2.55. The molecule has 0 saturated carbocycles.